The van der Waals surface area contributed by atoms with Crippen LogP contribution in [0.3, 0.4) is 0 Å². The quantitative estimate of drug-likeness (QED) is 0.456. The largest absolute Gasteiger partial charge is 0.339 e. The molecule has 17 heavy (non-hydrogen) atoms. The second-order valence-electron chi connectivity index (χ2n) is 5.10. The molecule has 2 rings (SSSR count). The van der Waals surface area contributed by atoms with Gasteiger partial charge >= 0.3 is 0 Å². The van der Waals surface area contributed by atoms with Gasteiger partial charge < -0.3 is 10.6 Å². The Kier molecular flexibility index (Phi) is 3.86. The molecule has 1 atom stereocenters. The fourth-order valence-corrected chi connectivity index (χ4v) is 2.85. The smallest absolute Gasteiger partial charge is 0.223 e. The summed E-state index contributed by atoms with van der Waals surface area (Å²) < 4.78 is 0. The van der Waals surface area contributed by atoms with E-state index in [-0.39, 0.29) is 11.8 Å². The predicted octanol–water partition coefficient (Wildman–Crippen LogP) is 1.42. The lowest BCUT2D eigenvalue weighted by Gasteiger charge is -2.33. The number of hydrogen-bond acceptors (Lipinski definition) is 3. The summed E-state index contributed by atoms with van der Waals surface area (Å²) in [4.78, 5) is 16.6. The highest BCUT2D eigenvalue weighted by molar-refractivity contribution is 5.79. The van der Waals surface area contributed by atoms with Gasteiger partial charge in [0.2, 0.25) is 5.91 Å². The Bertz CT molecular complexity index is 331. The van der Waals surface area contributed by atoms with Gasteiger partial charge in [-0.05, 0) is 37.1 Å². The summed E-state index contributed by atoms with van der Waals surface area (Å²) >= 11 is 0. The van der Waals surface area contributed by atoms with Crippen LogP contribution in [0.5, 0.6) is 0 Å². The first kappa shape index (κ1) is 12.2. The predicted molar refractivity (Wildman–Crippen MR) is 64.1 cm³/mol. The second kappa shape index (κ2) is 5.38. The number of nitrogens with two attached hydrogens (primary N) is 1. The van der Waals surface area contributed by atoms with E-state index in [0.29, 0.717) is 25.0 Å². The molecule has 0 aromatic rings. The fourth-order valence-electron chi connectivity index (χ4n) is 2.85. The van der Waals surface area contributed by atoms with E-state index in [0.717, 1.165) is 32.2 Å². The van der Waals surface area contributed by atoms with Crippen molar-refractivity contribution in [1.82, 2.24) is 4.90 Å². The first-order chi connectivity index (χ1) is 8.20. The normalized spacial score (nSPS) is 33.6. The summed E-state index contributed by atoms with van der Waals surface area (Å²) in [7, 11) is 0. The van der Waals surface area contributed by atoms with Gasteiger partial charge in [0.15, 0.2) is 0 Å². The average Bonchev–Trinajstić information content (AvgIpc) is 2.69. The van der Waals surface area contributed by atoms with Crippen LogP contribution in [0.2, 0.25) is 0 Å². The van der Waals surface area contributed by atoms with E-state index in [1.165, 1.54) is 0 Å². The van der Waals surface area contributed by atoms with E-state index < -0.39 is 0 Å². The molecule has 1 unspecified atom stereocenters. The van der Waals surface area contributed by atoms with E-state index in [9.17, 15) is 4.79 Å². The number of rotatable bonds is 3. The zero-order chi connectivity index (χ0) is 12.3. The highest BCUT2D eigenvalue weighted by atomic mass is 16.2. The lowest BCUT2D eigenvalue weighted by atomic mass is 9.91. The number of likely N-dealkylation sites (tertiary alicyclic amines) is 1. The Morgan fingerprint density at radius 1 is 1.41 bits per heavy atom. The average molecular weight is 237 g/mol. The standard InChI is InChI=1S/C11H19N5O/c12-9-1-3-10(4-2-9)16-7-8(5-11(16)17)6-14-15-13/h8-10H,1-7,12H2. The summed E-state index contributed by atoms with van der Waals surface area (Å²) in [5.74, 6) is 0.414. The third kappa shape index (κ3) is 2.90. The summed E-state index contributed by atoms with van der Waals surface area (Å²) in [6, 6.07) is 0.668. The minimum absolute atomic E-state index is 0.203. The van der Waals surface area contributed by atoms with Gasteiger partial charge in [-0.25, -0.2) is 0 Å². The van der Waals surface area contributed by atoms with Crippen molar-refractivity contribution in [2.75, 3.05) is 13.1 Å². The Hall–Kier alpha value is -1.26. The first-order valence-electron chi connectivity index (χ1n) is 6.26. The molecule has 6 heteroatoms. The number of carbonyl (C=O) groups is 1. The number of hydrogen-bond donors (Lipinski definition) is 1. The van der Waals surface area contributed by atoms with Crippen LogP contribution in [-0.4, -0.2) is 36.0 Å². The first-order valence-corrected chi connectivity index (χ1v) is 6.26. The highest BCUT2D eigenvalue weighted by Gasteiger charge is 2.35. The number of carbonyl (C=O) groups excluding carboxylic acids is 1. The molecule has 94 valence electrons. The van der Waals surface area contributed by atoms with E-state index >= 15 is 0 Å². The summed E-state index contributed by atoms with van der Waals surface area (Å²) in [6.07, 6.45) is 4.58. The number of azide groups is 1. The van der Waals surface area contributed by atoms with Crippen molar-refractivity contribution in [3.05, 3.63) is 10.4 Å². The van der Waals surface area contributed by atoms with Crippen molar-refractivity contribution in [2.45, 2.75) is 44.2 Å². The van der Waals surface area contributed by atoms with Crippen LogP contribution in [0.1, 0.15) is 32.1 Å². The van der Waals surface area contributed by atoms with Crippen LogP contribution < -0.4 is 5.73 Å². The molecule has 0 bridgehead atoms. The topological polar surface area (TPSA) is 95.1 Å². The fraction of sp³-hybridized carbons (Fsp3) is 0.909. The maximum absolute atomic E-state index is 11.9. The zero-order valence-electron chi connectivity index (χ0n) is 9.96. The van der Waals surface area contributed by atoms with Gasteiger partial charge in [0.25, 0.3) is 0 Å². The van der Waals surface area contributed by atoms with Crippen LogP contribution >= 0.6 is 0 Å². The molecule has 1 aliphatic heterocycles. The molecule has 2 aliphatic rings. The molecule has 1 heterocycles. The molecule has 1 amide bonds. The summed E-state index contributed by atoms with van der Waals surface area (Å²) in [6.45, 7) is 1.18. The van der Waals surface area contributed by atoms with Crippen LogP contribution in [0.15, 0.2) is 5.11 Å². The van der Waals surface area contributed by atoms with Crippen molar-refractivity contribution >= 4 is 5.91 Å². The lowest BCUT2D eigenvalue weighted by molar-refractivity contribution is -0.130. The maximum atomic E-state index is 11.9. The Morgan fingerprint density at radius 2 is 2.12 bits per heavy atom. The lowest BCUT2D eigenvalue weighted by Crippen LogP contribution is -2.41. The van der Waals surface area contributed by atoms with Crippen molar-refractivity contribution < 1.29 is 4.79 Å². The third-order valence-electron chi connectivity index (χ3n) is 3.82. The minimum Gasteiger partial charge on any atom is -0.339 e. The minimum atomic E-state index is 0.203. The monoisotopic (exact) mass is 237 g/mol. The van der Waals surface area contributed by atoms with Crippen molar-refractivity contribution in [2.24, 2.45) is 16.8 Å². The van der Waals surface area contributed by atoms with E-state index in [1.807, 2.05) is 4.90 Å². The van der Waals surface area contributed by atoms with Gasteiger partial charge in [0.1, 0.15) is 0 Å². The molecule has 0 spiro atoms. The van der Waals surface area contributed by atoms with E-state index in [2.05, 4.69) is 10.0 Å². The molecule has 1 saturated carbocycles. The molecule has 0 aromatic heterocycles. The van der Waals surface area contributed by atoms with Crippen LogP contribution in [-0.2, 0) is 4.79 Å². The highest BCUT2D eigenvalue weighted by Crippen LogP contribution is 2.28. The summed E-state index contributed by atoms with van der Waals surface area (Å²) in [5.41, 5.74) is 14.1. The van der Waals surface area contributed by atoms with Gasteiger partial charge in [-0.2, -0.15) is 0 Å². The van der Waals surface area contributed by atoms with Gasteiger partial charge in [0, 0.05) is 36.5 Å². The second-order valence-corrected chi connectivity index (χ2v) is 5.10. The molecule has 0 radical (unpaired) electrons. The molecular weight excluding hydrogens is 218 g/mol. The van der Waals surface area contributed by atoms with Crippen LogP contribution in [0, 0.1) is 5.92 Å². The molecule has 0 aromatic carbocycles. The van der Waals surface area contributed by atoms with Crippen molar-refractivity contribution in [3.63, 3.8) is 0 Å². The van der Waals surface area contributed by atoms with Crippen molar-refractivity contribution in [1.29, 1.82) is 0 Å². The van der Waals surface area contributed by atoms with E-state index in [1.54, 1.807) is 0 Å². The number of amides is 1. The van der Waals surface area contributed by atoms with Gasteiger partial charge in [-0.15, -0.1) is 0 Å². The molecule has 6 nitrogen and oxygen atoms in total. The molecule has 1 aliphatic carbocycles. The van der Waals surface area contributed by atoms with Crippen molar-refractivity contribution in [3.8, 4) is 0 Å². The maximum Gasteiger partial charge on any atom is 0.223 e. The van der Waals surface area contributed by atoms with Gasteiger partial charge in [0.05, 0.1) is 0 Å². The third-order valence-corrected chi connectivity index (χ3v) is 3.82. The van der Waals surface area contributed by atoms with Gasteiger partial charge in [-0.3, -0.25) is 4.79 Å². The van der Waals surface area contributed by atoms with Gasteiger partial charge in [-0.1, -0.05) is 5.11 Å². The molecular formula is C11H19N5O. The Balaban J connectivity index is 1.89. The molecule has 2 N–H and O–H groups in total. The molecule has 2 fully saturated rings. The van der Waals surface area contributed by atoms with E-state index in [4.69, 9.17) is 11.3 Å². The SMILES string of the molecule is [N-]=[N+]=NCC1CC(=O)N(C2CCC(N)CC2)C1. The van der Waals surface area contributed by atoms with Crippen LogP contribution in [0.25, 0.3) is 10.4 Å². The Labute approximate surface area is 101 Å². The van der Waals surface area contributed by atoms with Crippen LogP contribution in [0.4, 0.5) is 0 Å². The summed E-state index contributed by atoms with van der Waals surface area (Å²) in [5, 5.41) is 3.56. The zero-order valence-corrected chi connectivity index (χ0v) is 9.96. The Morgan fingerprint density at radius 3 is 2.76 bits per heavy atom. The number of nitrogens with zero attached hydrogens (tertiary/aromatic N) is 4. The molecule has 1 saturated heterocycles.